The summed E-state index contributed by atoms with van der Waals surface area (Å²) in [7, 11) is 0. The molecular weight excluding hydrogens is 366 g/mol. The third-order valence-electron chi connectivity index (χ3n) is 4.70. The molecule has 0 amide bonds. The molecule has 0 atom stereocenters. The fourth-order valence-electron chi connectivity index (χ4n) is 3.09. The maximum atomic E-state index is 5.69. The number of hydrogen-bond donors (Lipinski definition) is 0. The van der Waals surface area contributed by atoms with Crippen LogP contribution in [0.4, 0.5) is 0 Å². The molecule has 0 spiro atoms. The Hall–Kier alpha value is -1.85. The average molecular weight is 398 g/mol. The molecular formula is C23H31N3OS. The highest BCUT2D eigenvalue weighted by molar-refractivity contribution is 7.99. The number of nitrogens with zero attached hydrogens (tertiary/aromatic N) is 3. The van der Waals surface area contributed by atoms with Gasteiger partial charge in [-0.05, 0) is 61.8 Å². The maximum absolute atomic E-state index is 5.69. The fraction of sp³-hybridized carbons (Fsp3) is 0.478. The van der Waals surface area contributed by atoms with E-state index in [9.17, 15) is 0 Å². The first-order valence-corrected chi connectivity index (χ1v) is 11.4. The topological polar surface area (TPSA) is 39.9 Å². The number of aryl methyl sites for hydroxylation is 1. The molecule has 0 N–H and O–H groups in total. The molecule has 150 valence electrons. The van der Waals surface area contributed by atoms with Crippen molar-refractivity contribution in [3.8, 4) is 5.69 Å². The Morgan fingerprint density at radius 2 is 1.61 bits per heavy atom. The third kappa shape index (κ3) is 6.08. The van der Waals surface area contributed by atoms with Crippen molar-refractivity contribution in [3.63, 3.8) is 0 Å². The van der Waals surface area contributed by atoms with Gasteiger partial charge < -0.3 is 4.74 Å². The largest absolute Gasteiger partial charge is 0.381 e. The van der Waals surface area contributed by atoms with Crippen LogP contribution in [-0.2, 0) is 4.74 Å². The van der Waals surface area contributed by atoms with Crippen molar-refractivity contribution in [2.75, 3.05) is 19.0 Å². The molecule has 0 aliphatic carbocycles. The van der Waals surface area contributed by atoms with Gasteiger partial charge in [-0.25, -0.2) is 0 Å². The molecule has 0 aliphatic rings. The van der Waals surface area contributed by atoms with Crippen molar-refractivity contribution in [2.45, 2.75) is 57.3 Å². The number of benzene rings is 2. The lowest BCUT2D eigenvalue weighted by atomic mass is 10.2. The lowest BCUT2D eigenvalue weighted by molar-refractivity contribution is 0.126. The molecule has 5 heteroatoms. The summed E-state index contributed by atoms with van der Waals surface area (Å²) in [5.41, 5.74) is 4.15. The Labute approximate surface area is 172 Å². The van der Waals surface area contributed by atoms with Gasteiger partial charge in [0.25, 0.3) is 0 Å². The van der Waals surface area contributed by atoms with Crippen molar-refractivity contribution >= 4 is 22.8 Å². The highest BCUT2D eigenvalue weighted by Crippen LogP contribution is 2.28. The number of hydrogen-bond acceptors (Lipinski definition) is 4. The normalized spacial score (nSPS) is 11.4. The highest BCUT2D eigenvalue weighted by Gasteiger charge is 2.10. The summed E-state index contributed by atoms with van der Waals surface area (Å²) in [5.74, 6) is 1.10. The van der Waals surface area contributed by atoms with E-state index < -0.39 is 0 Å². The van der Waals surface area contributed by atoms with Crippen LogP contribution in [0, 0.1) is 6.92 Å². The molecule has 28 heavy (non-hydrogen) atoms. The van der Waals surface area contributed by atoms with Gasteiger partial charge in [0, 0.05) is 18.1 Å². The second-order valence-corrected chi connectivity index (χ2v) is 8.31. The summed E-state index contributed by atoms with van der Waals surface area (Å²) in [4.78, 5) is 3.02. The van der Waals surface area contributed by atoms with Crippen LogP contribution in [-0.4, -0.2) is 34.0 Å². The van der Waals surface area contributed by atoms with Crippen molar-refractivity contribution in [1.29, 1.82) is 0 Å². The van der Waals surface area contributed by atoms with Gasteiger partial charge in [0.2, 0.25) is 0 Å². The predicted molar refractivity (Wildman–Crippen MR) is 119 cm³/mol. The van der Waals surface area contributed by atoms with Crippen LogP contribution in [0.2, 0.25) is 0 Å². The molecule has 3 aromatic rings. The van der Waals surface area contributed by atoms with Gasteiger partial charge in [-0.15, -0.1) is 26.8 Å². The summed E-state index contributed by atoms with van der Waals surface area (Å²) in [6.45, 7) is 6.15. The average Bonchev–Trinajstić information content (AvgIpc) is 3.14. The van der Waals surface area contributed by atoms with Crippen molar-refractivity contribution in [1.82, 2.24) is 15.0 Å². The smallest absolute Gasteiger partial charge is 0.113 e. The van der Waals surface area contributed by atoms with Crippen LogP contribution < -0.4 is 0 Å². The zero-order valence-corrected chi connectivity index (χ0v) is 17.9. The predicted octanol–water partition coefficient (Wildman–Crippen LogP) is 6.20. The van der Waals surface area contributed by atoms with E-state index in [0.717, 1.165) is 42.1 Å². The fourth-order valence-corrected chi connectivity index (χ4v) is 4.12. The molecule has 0 saturated heterocycles. The Morgan fingerprint density at radius 1 is 0.893 bits per heavy atom. The molecule has 3 rings (SSSR count). The minimum absolute atomic E-state index is 0.897. The van der Waals surface area contributed by atoms with Crippen molar-refractivity contribution in [3.05, 3.63) is 48.0 Å². The quantitative estimate of drug-likeness (QED) is 0.269. The SMILES string of the molecule is CCCCCOCCCCCSc1ccc(C)cc1-n1nc2ccccc2n1. The van der Waals surface area contributed by atoms with Gasteiger partial charge in [0.05, 0.1) is 5.69 Å². The molecule has 4 nitrogen and oxygen atoms in total. The first kappa shape index (κ1) is 20.9. The molecule has 0 aliphatic heterocycles. The zero-order chi connectivity index (χ0) is 19.6. The van der Waals surface area contributed by atoms with Gasteiger partial charge in [-0.1, -0.05) is 44.4 Å². The molecule has 1 aromatic heterocycles. The Morgan fingerprint density at radius 3 is 2.32 bits per heavy atom. The van der Waals surface area contributed by atoms with E-state index in [1.807, 2.05) is 36.0 Å². The van der Waals surface area contributed by atoms with E-state index in [2.05, 4.69) is 42.2 Å². The van der Waals surface area contributed by atoms with Crippen LogP contribution in [0.3, 0.4) is 0 Å². The van der Waals surface area contributed by atoms with Crippen molar-refractivity contribution in [2.24, 2.45) is 0 Å². The monoisotopic (exact) mass is 397 g/mol. The summed E-state index contributed by atoms with van der Waals surface area (Å²) < 4.78 is 5.69. The van der Waals surface area contributed by atoms with E-state index in [1.54, 1.807) is 4.80 Å². The molecule has 1 heterocycles. The number of aromatic nitrogens is 3. The Balaban J connectivity index is 1.49. The number of thioether (sulfide) groups is 1. The van der Waals surface area contributed by atoms with Gasteiger partial charge in [0.15, 0.2) is 0 Å². The van der Waals surface area contributed by atoms with Crippen LogP contribution in [0.15, 0.2) is 47.4 Å². The van der Waals surface area contributed by atoms with E-state index in [1.165, 1.54) is 42.6 Å². The summed E-state index contributed by atoms with van der Waals surface area (Å²) in [6, 6.07) is 14.5. The third-order valence-corrected chi connectivity index (χ3v) is 5.85. The van der Waals surface area contributed by atoms with E-state index in [0.29, 0.717) is 0 Å². The molecule has 0 fully saturated rings. The van der Waals surface area contributed by atoms with E-state index in [-0.39, 0.29) is 0 Å². The molecule has 0 bridgehead atoms. The Kier molecular flexibility index (Phi) is 8.37. The maximum Gasteiger partial charge on any atom is 0.113 e. The number of ether oxygens (including phenoxy) is 1. The second-order valence-electron chi connectivity index (χ2n) is 7.18. The second kappa shape index (κ2) is 11.2. The molecule has 2 aromatic carbocycles. The van der Waals surface area contributed by atoms with E-state index in [4.69, 9.17) is 4.74 Å². The standard InChI is InChI=1S/C23H31N3OS/c1-3-4-8-15-27-16-9-5-10-17-28-23-14-13-19(2)18-22(23)26-24-20-11-6-7-12-21(20)25-26/h6-7,11-14,18H,3-5,8-10,15-17H2,1-2H3. The van der Waals surface area contributed by atoms with Gasteiger partial charge >= 0.3 is 0 Å². The van der Waals surface area contributed by atoms with Crippen LogP contribution in [0.5, 0.6) is 0 Å². The summed E-state index contributed by atoms with van der Waals surface area (Å²) >= 11 is 1.89. The molecule has 0 unspecified atom stereocenters. The van der Waals surface area contributed by atoms with Gasteiger partial charge in [0.1, 0.15) is 11.0 Å². The van der Waals surface area contributed by atoms with Crippen LogP contribution in [0.1, 0.15) is 51.0 Å². The van der Waals surface area contributed by atoms with Crippen molar-refractivity contribution < 1.29 is 4.74 Å². The molecule has 0 saturated carbocycles. The summed E-state index contributed by atoms with van der Waals surface area (Å²) in [5, 5.41) is 9.32. The minimum Gasteiger partial charge on any atom is -0.381 e. The van der Waals surface area contributed by atoms with Crippen LogP contribution >= 0.6 is 11.8 Å². The highest BCUT2D eigenvalue weighted by atomic mass is 32.2. The zero-order valence-electron chi connectivity index (χ0n) is 17.1. The Bertz CT molecular complexity index is 829. The number of rotatable bonds is 12. The van der Waals surface area contributed by atoms with E-state index >= 15 is 0 Å². The number of unbranched alkanes of at least 4 members (excludes halogenated alkanes) is 4. The number of fused-ring (bicyclic) bond motifs is 1. The first-order valence-electron chi connectivity index (χ1n) is 10.4. The lowest BCUT2D eigenvalue weighted by Crippen LogP contribution is -2.01. The summed E-state index contributed by atoms with van der Waals surface area (Å²) in [6.07, 6.45) is 7.29. The molecule has 0 radical (unpaired) electrons. The minimum atomic E-state index is 0.897. The lowest BCUT2D eigenvalue weighted by Gasteiger charge is -2.09. The van der Waals surface area contributed by atoms with Gasteiger partial charge in [-0.3, -0.25) is 0 Å². The first-order chi connectivity index (χ1) is 13.8. The van der Waals surface area contributed by atoms with Crippen LogP contribution in [0.25, 0.3) is 16.7 Å². The van der Waals surface area contributed by atoms with Gasteiger partial charge in [-0.2, -0.15) is 0 Å².